The van der Waals surface area contributed by atoms with Gasteiger partial charge in [0, 0.05) is 28.0 Å². The molecule has 1 aliphatic rings. The van der Waals surface area contributed by atoms with Gasteiger partial charge in [-0.1, -0.05) is 58.0 Å². The smallest absolute Gasteiger partial charge is 0.247 e. The molecule has 4 aromatic rings. The van der Waals surface area contributed by atoms with Crippen molar-refractivity contribution in [1.29, 1.82) is 0 Å². The van der Waals surface area contributed by atoms with Crippen molar-refractivity contribution in [3.8, 4) is 34.8 Å². The standard InChI is InChI=1S/C17H20N2O2S.C14H14O.C4H6.C2H6.CH2O/c1-11-10-13(4-5-14(11)22-9-6-12(2)20)15-18-19-16(21-15)17(3)7-8-17;1-2-12-8-10-14(11-9-12)15-13-6-4-3-5-7-13;1-3-4-2;2*1-2/h4-5,10H,6-9H2,1-3H3;3-11H,2H2,1H3;1-2H3;1-2H3;1H2. The Bertz CT molecular complexity index is 1460. The number of thioether (sulfide) groups is 1. The maximum Gasteiger partial charge on any atom is 0.247 e. The zero-order valence-corrected chi connectivity index (χ0v) is 28.9. The fourth-order valence-electron chi connectivity index (χ4n) is 3.65. The van der Waals surface area contributed by atoms with Gasteiger partial charge in [0.15, 0.2) is 0 Å². The number of aryl methyl sites for hydroxylation is 2. The number of hydrogen-bond acceptors (Lipinski definition) is 7. The van der Waals surface area contributed by atoms with Gasteiger partial charge in [-0.05, 0) is 101 Å². The number of Topliss-reactive ketones (excluding diaryl/α,β-unsaturated/α-hetero) is 1. The van der Waals surface area contributed by atoms with Gasteiger partial charge >= 0.3 is 0 Å². The second-order valence-electron chi connectivity index (χ2n) is 10.2. The molecule has 7 heteroatoms. The lowest BCUT2D eigenvalue weighted by Crippen LogP contribution is -1.99. The summed E-state index contributed by atoms with van der Waals surface area (Å²) < 4.78 is 11.5. The van der Waals surface area contributed by atoms with Gasteiger partial charge in [-0.3, -0.25) is 4.79 Å². The van der Waals surface area contributed by atoms with Crippen LogP contribution in [0.15, 0.2) is 82.1 Å². The van der Waals surface area contributed by atoms with Crippen molar-refractivity contribution in [2.24, 2.45) is 0 Å². The summed E-state index contributed by atoms with van der Waals surface area (Å²) in [7, 11) is 0. The minimum Gasteiger partial charge on any atom is -0.457 e. The molecule has 0 amide bonds. The predicted octanol–water partition coefficient (Wildman–Crippen LogP) is 10.1. The SMILES string of the molecule is C=O.CC.CC#CC.CC(=O)CCSc1ccc(-c2nnc(C3(C)CC3)o2)cc1C.CCc1ccc(Oc2ccccc2)cc1. The molecule has 3 aromatic carbocycles. The van der Waals surface area contributed by atoms with E-state index < -0.39 is 0 Å². The van der Waals surface area contributed by atoms with Crippen LogP contribution in [-0.2, 0) is 21.4 Å². The van der Waals surface area contributed by atoms with E-state index in [4.69, 9.17) is 13.9 Å². The monoisotopic (exact) mass is 628 g/mol. The van der Waals surface area contributed by atoms with E-state index in [1.54, 1.807) is 18.7 Å². The molecule has 1 aliphatic carbocycles. The maximum absolute atomic E-state index is 11.0. The van der Waals surface area contributed by atoms with Crippen molar-refractivity contribution in [2.45, 2.75) is 91.4 Å². The number of ether oxygens (including phenoxy) is 1. The molecule has 6 nitrogen and oxygen atoms in total. The van der Waals surface area contributed by atoms with Gasteiger partial charge in [0.2, 0.25) is 11.8 Å². The van der Waals surface area contributed by atoms with Crippen LogP contribution in [0.4, 0.5) is 0 Å². The summed E-state index contributed by atoms with van der Waals surface area (Å²) in [5.41, 5.74) is 3.55. The molecule has 0 atom stereocenters. The van der Waals surface area contributed by atoms with Crippen molar-refractivity contribution < 1.29 is 18.7 Å². The normalized spacial score (nSPS) is 11.6. The van der Waals surface area contributed by atoms with Crippen LogP contribution >= 0.6 is 11.8 Å². The third-order valence-electron chi connectivity index (χ3n) is 6.64. The van der Waals surface area contributed by atoms with Crippen LogP contribution in [-0.4, -0.2) is 28.5 Å². The summed E-state index contributed by atoms with van der Waals surface area (Å²) in [6.45, 7) is 17.6. The lowest BCUT2D eigenvalue weighted by Gasteiger charge is -2.06. The van der Waals surface area contributed by atoms with Crippen LogP contribution in [0.2, 0.25) is 0 Å². The van der Waals surface area contributed by atoms with Gasteiger partial charge in [0.1, 0.15) is 24.1 Å². The van der Waals surface area contributed by atoms with Crippen LogP contribution < -0.4 is 4.74 Å². The molecule has 1 aromatic heterocycles. The maximum atomic E-state index is 11.0. The number of aromatic nitrogens is 2. The first kappa shape index (κ1) is 38.9. The molecule has 0 aliphatic heterocycles. The highest BCUT2D eigenvalue weighted by Crippen LogP contribution is 2.47. The van der Waals surface area contributed by atoms with E-state index in [2.05, 4.69) is 67.1 Å². The highest BCUT2D eigenvalue weighted by atomic mass is 32.2. The predicted molar refractivity (Wildman–Crippen MR) is 187 cm³/mol. The van der Waals surface area contributed by atoms with E-state index in [1.807, 2.05) is 83.0 Å². The first-order valence-electron chi connectivity index (χ1n) is 15.3. The second kappa shape index (κ2) is 21.5. The molecule has 1 heterocycles. The van der Waals surface area contributed by atoms with Crippen LogP contribution in [0.5, 0.6) is 11.5 Å². The minimum absolute atomic E-state index is 0.1000. The molecule has 0 N–H and O–H groups in total. The molecule has 0 unspecified atom stereocenters. The first-order valence-corrected chi connectivity index (χ1v) is 16.3. The van der Waals surface area contributed by atoms with E-state index >= 15 is 0 Å². The average Bonchev–Trinajstić information content (AvgIpc) is 3.62. The molecule has 0 saturated heterocycles. The molecule has 45 heavy (non-hydrogen) atoms. The minimum atomic E-state index is 0.1000. The Morgan fingerprint density at radius 1 is 0.956 bits per heavy atom. The lowest BCUT2D eigenvalue weighted by molar-refractivity contribution is -0.116. The summed E-state index contributed by atoms with van der Waals surface area (Å²) in [4.78, 5) is 20.2. The highest BCUT2D eigenvalue weighted by Gasteiger charge is 2.44. The fraction of sp³-hybridized carbons (Fsp3) is 0.368. The third-order valence-corrected chi connectivity index (χ3v) is 7.81. The number of hydrogen-bond donors (Lipinski definition) is 0. The highest BCUT2D eigenvalue weighted by molar-refractivity contribution is 7.99. The topological polar surface area (TPSA) is 82.3 Å². The van der Waals surface area contributed by atoms with Gasteiger partial charge in [-0.25, -0.2) is 0 Å². The van der Waals surface area contributed by atoms with Gasteiger partial charge in [-0.2, -0.15) is 0 Å². The average molecular weight is 629 g/mol. The number of carbonyl (C=O) groups excluding carboxylic acids is 2. The van der Waals surface area contributed by atoms with Crippen LogP contribution in [0.1, 0.15) is 84.7 Å². The first-order chi connectivity index (χ1) is 21.8. The van der Waals surface area contributed by atoms with E-state index in [9.17, 15) is 4.79 Å². The fourth-order valence-corrected chi connectivity index (χ4v) is 4.71. The van der Waals surface area contributed by atoms with E-state index in [1.165, 1.54) is 16.0 Å². The molecular weight excluding hydrogens is 580 g/mol. The summed E-state index contributed by atoms with van der Waals surface area (Å²) in [6.07, 6.45) is 3.92. The Balaban J connectivity index is 0.000000382. The van der Waals surface area contributed by atoms with Crippen molar-refractivity contribution in [2.75, 3.05) is 5.75 Å². The van der Waals surface area contributed by atoms with Crippen LogP contribution in [0.25, 0.3) is 11.5 Å². The van der Waals surface area contributed by atoms with Gasteiger partial charge in [-0.15, -0.1) is 33.8 Å². The third kappa shape index (κ3) is 14.0. The van der Waals surface area contributed by atoms with Crippen LogP contribution in [0, 0.1) is 18.8 Å². The Hall–Kier alpha value is -4.15. The summed E-state index contributed by atoms with van der Waals surface area (Å²) in [5, 5.41) is 8.37. The Morgan fingerprint density at radius 2 is 1.56 bits per heavy atom. The van der Waals surface area contributed by atoms with Gasteiger partial charge in [0.25, 0.3) is 0 Å². The summed E-state index contributed by atoms with van der Waals surface area (Å²) in [6, 6.07) is 24.2. The quantitative estimate of drug-likeness (QED) is 0.135. The molecule has 5 rings (SSSR count). The number of benzene rings is 3. The number of ketones is 1. The Labute approximate surface area is 274 Å². The molecule has 0 bridgehead atoms. The van der Waals surface area contributed by atoms with Gasteiger partial charge in [0.05, 0.1) is 0 Å². The number of para-hydroxylation sites is 1. The number of nitrogens with zero attached hydrogens (tertiary/aromatic N) is 2. The second-order valence-corrected chi connectivity index (χ2v) is 11.3. The lowest BCUT2D eigenvalue weighted by atomic mass is 10.1. The Kier molecular flexibility index (Phi) is 18.6. The van der Waals surface area contributed by atoms with Crippen molar-refractivity contribution >= 4 is 24.3 Å². The van der Waals surface area contributed by atoms with Crippen molar-refractivity contribution in [3.05, 3.63) is 89.8 Å². The zero-order valence-electron chi connectivity index (χ0n) is 28.1. The van der Waals surface area contributed by atoms with E-state index in [-0.39, 0.29) is 11.2 Å². The van der Waals surface area contributed by atoms with E-state index in [0.29, 0.717) is 12.3 Å². The van der Waals surface area contributed by atoms with Crippen molar-refractivity contribution in [3.63, 3.8) is 0 Å². The Morgan fingerprint density at radius 3 is 2.07 bits per heavy atom. The van der Waals surface area contributed by atoms with Crippen molar-refractivity contribution in [1.82, 2.24) is 10.2 Å². The van der Waals surface area contributed by atoms with E-state index in [0.717, 1.165) is 48.0 Å². The molecule has 0 spiro atoms. The number of carbonyl (C=O) groups is 2. The van der Waals surface area contributed by atoms with Gasteiger partial charge < -0.3 is 13.9 Å². The molecule has 1 saturated carbocycles. The molecule has 0 radical (unpaired) electrons. The molecular formula is C38H48N2O4S. The molecule has 240 valence electrons. The largest absolute Gasteiger partial charge is 0.457 e. The number of rotatable bonds is 9. The summed E-state index contributed by atoms with van der Waals surface area (Å²) >= 11 is 1.71. The molecule has 1 fully saturated rings. The van der Waals surface area contributed by atoms with Crippen LogP contribution in [0.3, 0.4) is 0 Å². The summed E-state index contributed by atoms with van der Waals surface area (Å²) in [5.74, 6) is 9.51. The zero-order chi connectivity index (χ0) is 33.7.